The SMILES string of the molecule is CNC(=O)c1cc(C)nc(C2(C)CCNCC2)n1. The number of aryl methyl sites for hydroxylation is 1. The summed E-state index contributed by atoms with van der Waals surface area (Å²) in [5.41, 5.74) is 1.28. The third-order valence-electron chi connectivity index (χ3n) is 3.56. The van der Waals surface area contributed by atoms with Crippen LogP contribution in [0.2, 0.25) is 0 Å². The Balaban J connectivity index is 2.38. The predicted molar refractivity (Wildman–Crippen MR) is 69.6 cm³/mol. The standard InChI is InChI=1S/C13H20N4O/c1-9-8-10(11(18)14-3)17-12(16-9)13(2)4-6-15-7-5-13/h8,15H,4-7H2,1-3H3,(H,14,18). The summed E-state index contributed by atoms with van der Waals surface area (Å²) >= 11 is 0. The summed E-state index contributed by atoms with van der Waals surface area (Å²) in [5.74, 6) is 0.641. The molecule has 18 heavy (non-hydrogen) atoms. The van der Waals surface area contributed by atoms with Gasteiger partial charge in [0.05, 0.1) is 0 Å². The van der Waals surface area contributed by atoms with Gasteiger partial charge >= 0.3 is 0 Å². The van der Waals surface area contributed by atoms with E-state index in [1.54, 1.807) is 13.1 Å². The van der Waals surface area contributed by atoms with Crippen molar-refractivity contribution in [3.63, 3.8) is 0 Å². The van der Waals surface area contributed by atoms with Gasteiger partial charge in [-0.15, -0.1) is 0 Å². The minimum atomic E-state index is -0.153. The van der Waals surface area contributed by atoms with Gasteiger partial charge in [-0.25, -0.2) is 9.97 Å². The molecule has 1 saturated heterocycles. The van der Waals surface area contributed by atoms with Crippen molar-refractivity contribution in [3.8, 4) is 0 Å². The largest absolute Gasteiger partial charge is 0.354 e. The molecule has 1 fully saturated rings. The third kappa shape index (κ3) is 2.51. The summed E-state index contributed by atoms with van der Waals surface area (Å²) in [7, 11) is 1.62. The van der Waals surface area contributed by atoms with E-state index in [4.69, 9.17) is 0 Å². The van der Waals surface area contributed by atoms with Gasteiger partial charge in [0.15, 0.2) is 0 Å². The molecule has 1 aliphatic heterocycles. The van der Waals surface area contributed by atoms with Crippen LogP contribution in [0, 0.1) is 6.92 Å². The first kappa shape index (κ1) is 13.0. The van der Waals surface area contributed by atoms with Crippen molar-refractivity contribution < 1.29 is 4.79 Å². The number of carbonyl (C=O) groups is 1. The van der Waals surface area contributed by atoms with Gasteiger partial charge in [-0.2, -0.15) is 0 Å². The fourth-order valence-electron chi connectivity index (χ4n) is 2.29. The third-order valence-corrected chi connectivity index (χ3v) is 3.56. The molecule has 0 atom stereocenters. The number of amides is 1. The second-order valence-corrected chi connectivity index (χ2v) is 5.11. The van der Waals surface area contributed by atoms with Crippen LogP contribution in [0.4, 0.5) is 0 Å². The first-order valence-corrected chi connectivity index (χ1v) is 6.34. The Labute approximate surface area is 107 Å². The molecule has 0 aliphatic carbocycles. The van der Waals surface area contributed by atoms with Crippen molar-refractivity contribution in [1.29, 1.82) is 0 Å². The van der Waals surface area contributed by atoms with Crippen LogP contribution in [0.3, 0.4) is 0 Å². The maximum Gasteiger partial charge on any atom is 0.269 e. The number of hydrogen-bond donors (Lipinski definition) is 2. The molecular formula is C13H20N4O. The van der Waals surface area contributed by atoms with Gasteiger partial charge in [0, 0.05) is 18.2 Å². The number of aromatic nitrogens is 2. The highest BCUT2D eigenvalue weighted by molar-refractivity contribution is 5.92. The number of hydrogen-bond acceptors (Lipinski definition) is 4. The first-order chi connectivity index (χ1) is 8.55. The number of rotatable bonds is 2. The van der Waals surface area contributed by atoms with Crippen LogP contribution in [-0.2, 0) is 5.41 Å². The molecule has 0 unspecified atom stereocenters. The molecular weight excluding hydrogens is 228 g/mol. The maximum absolute atomic E-state index is 11.7. The molecule has 0 radical (unpaired) electrons. The van der Waals surface area contributed by atoms with E-state index in [0.717, 1.165) is 37.4 Å². The molecule has 1 aliphatic rings. The van der Waals surface area contributed by atoms with Crippen molar-refractivity contribution in [1.82, 2.24) is 20.6 Å². The van der Waals surface area contributed by atoms with Gasteiger partial charge in [-0.05, 0) is 38.9 Å². The summed E-state index contributed by atoms with van der Waals surface area (Å²) in [6.07, 6.45) is 2.01. The zero-order chi connectivity index (χ0) is 13.2. The molecule has 1 aromatic heterocycles. The normalized spacial score (nSPS) is 18.4. The summed E-state index contributed by atoms with van der Waals surface area (Å²) in [6.45, 7) is 6.03. The molecule has 5 nitrogen and oxygen atoms in total. The van der Waals surface area contributed by atoms with E-state index in [9.17, 15) is 4.79 Å². The summed E-state index contributed by atoms with van der Waals surface area (Å²) < 4.78 is 0. The topological polar surface area (TPSA) is 66.9 Å². The van der Waals surface area contributed by atoms with E-state index in [-0.39, 0.29) is 11.3 Å². The zero-order valence-corrected chi connectivity index (χ0v) is 11.2. The Hall–Kier alpha value is -1.49. The molecule has 5 heteroatoms. The van der Waals surface area contributed by atoms with Gasteiger partial charge in [0.1, 0.15) is 11.5 Å². The molecule has 0 saturated carbocycles. The van der Waals surface area contributed by atoms with Crippen molar-refractivity contribution in [2.45, 2.75) is 32.1 Å². The number of carbonyl (C=O) groups excluding carboxylic acids is 1. The van der Waals surface area contributed by atoms with Crippen LogP contribution >= 0.6 is 0 Å². The molecule has 0 bridgehead atoms. The Morgan fingerprint density at radius 2 is 2.06 bits per heavy atom. The predicted octanol–water partition coefficient (Wildman–Crippen LogP) is 0.786. The van der Waals surface area contributed by atoms with E-state index < -0.39 is 0 Å². The smallest absolute Gasteiger partial charge is 0.269 e. The highest BCUT2D eigenvalue weighted by atomic mass is 16.1. The molecule has 98 valence electrons. The lowest BCUT2D eigenvalue weighted by atomic mass is 9.80. The fourth-order valence-corrected chi connectivity index (χ4v) is 2.29. The highest BCUT2D eigenvalue weighted by Gasteiger charge is 2.32. The number of nitrogens with one attached hydrogen (secondary N) is 2. The Kier molecular flexibility index (Phi) is 3.61. The fraction of sp³-hybridized carbons (Fsp3) is 0.615. The second-order valence-electron chi connectivity index (χ2n) is 5.11. The van der Waals surface area contributed by atoms with Gasteiger partial charge in [-0.3, -0.25) is 4.79 Å². The van der Waals surface area contributed by atoms with Crippen LogP contribution in [0.5, 0.6) is 0 Å². The first-order valence-electron chi connectivity index (χ1n) is 6.34. The van der Waals surface area contributed by atoms with Crippen molar-refractivity contribution in [2.24, 2.45) is 0 Å². The van der Waals surface area contributed by atoms with E-state index in [1.165, 1.54) is 0 Å². The molecule has 1 aromatic rings. The minimum absolute atomic E-state index is 0.0277. The van der Waals surface area contributed by atoms with Crippen molar-refractivity contribution in [3.05, 3.63) is 23.3 Å². The molecule has 2 heterocycles. The molecule has 1 amide bonds. The second kappa shape index (κ2) is 5.02. The maximum atomic E-state index is 11.7. The van der Waals surface area contributed by atoms with E-state index in [1.807, 2.05) is 6.92 Å². The average molecular weight is 248 g/mol. The number of nitrogens with zero attached hydrogens (tertiary/aromatic N) is 2. The van der Waals surface area contributed by atoms with E-state index in [2.05, 4.69) is 27.5 Å². The monoisotopic (exact) mass is 248 g/mol. The average Bonchev–Trinajstić information content (AvgIpc) is 2.38. The van der Waals surface area contributed by atoms with Gasteiger partial charge in [0.25, 0.3) is 5.91 Å². The Morgan fingerprint density at radius 3 is 2.67 bits per heavy atom. The van der Waals surface area contributed by atoms with E-state index in [0.29, 0.717) is 5.69 Å². The van der Waals surface area contributed by atoms with Crippen LogP contribution in [0.1, 0.15) is 41.8 Å². The van der Waals surface area contributed by atoms with Crippen molar-refractivity contribution in [2.75, 3.05) is 20.1 Å². The summed E-state index contributed by atoms with van der Waals surface area (Å²) in [6, 6.07) is 1.73. The molecule has 2 rings (SSSR count). The summed E-state index contributed by atoms with van der Waals surface area (Å²) in [5, 5.41) is 5.95. The van der Waals surface area contributed by atoms with Gasteiger partial charge in [-0.1, -0.05) is 6.92 Å². The summed E-state index contributed by atoms with van der Waals surface area (Å²) in [4.78, 5) is 20.7. The van der Waals surface area contributed by atoms with Crippen molar-refractivity contribution >= 4 is 5.91 Å². The Bertz CT molecular complexity index is 452. The lowest BCUT2D eigenvalue weighted by molar-refractivity contribution is 0.0957. The van der Waals surface area contributed by atoms with Crippen LogP contribution in [0.25, 0.3) is 0 Å². The lowest BCUT2D eigenvalue weighted by Crippen LogP contribution is -2.39. The van der Waals surface area contributed by atoms with Crippen LogP contribution < -0.4 is 10.6 Å². The van der Waals surface area contributed by atoms with Crippen LogP contribution in [-0.4, -0.2) is 36.0 Å². The molecule has 2 N–H and O–H groups in total. The van der Waals surface area contributed by atoms with Gasteiger partial charge in [0.2, 0.25) is 0 Å². The highest BCUT2D eigenvalue weighted by Crippen LogP contribution is 2.30. The lowest BCUT2D eigenvalue weighted by Gasteiger charge is -2.32. The van der Waals surface area contributed by atoms with Crippen LogP contribution in [0.15, 0.2) is 6.07 Å². The molecule has 0 aromatic carbocycles. The number of piperidine rings is 1. The van der Waals surface area contributed by atoms with Gasteiger partial charge < -0.3 is 10.6 Å². The Morgan fingerprint density at radius 1 is 1.39 bits per heavy atom. The quantitative estimate of drug-likeness (QED) is 0.812. The minimum Gasteiger partial charge on any atom is -0.354 e. The van der Waals surface area contributed by atoms with E-state index >= 15 is 0 Å². The zero-order valence-electron chi connectivity index (χ0n) is 11.2. The molecule has 0 spiro atoms.